The fourth-order valence-electron chi connectivity index (χ4n) is 2.39. The van der Waals surface area contributed by atoms with Crippen LogP contribution in [0.3, 0.4) is 0 Å². The molecule has 130 valence electrons. The summed E-state index contributed by atoms with van der Waals surface area (Å²) in [6, 6.07) is 8.08. The van der Waals surface area contributed by atoms with Crippen molar-refractivity contribution in [2.75, 3.05) is 6.61 Å². The van der Waals surface area contributed by atoms with Crippen LogP contribution < -0.4 is 0 Å². The number of carbonyl (C=O) groups is 1. The first-order valence-electron chi connectivity index (χ1n) is 8.09. The Labute approximate surface area is 155 Å². The van der Waals surface area contributed by atoms with Gasteiger partial charge in [-0.1, -0.05) is 26.8 Å². The number of rotatable bonds is 4. The second kappa shape index (κ2) is 7.06. The van der Waals surface area contributed by atoms with Gasteiger partial charge < -0.3 is 4.74 Å². The summed E-state index contributed by atoms with van der Waals surface area (Å²) in [6.07, 6.45) is 3.61. The third-order valence-corrected chi connectivity index (χ3v) is 5.90. The zero-order chi connectivity index (χ0) is 18.0. The summed E-state index contributed by atoms with van der Waals surface area (Å²) in [7, 11) is 0. The van der Waals surface area contributed by atoms with Crippen LogP contribution in [0.2, 0.25) is 0 Å². The third-order valence-electron chi connectivity index (χ3n) is 3.56. The molecule has 0 saturated heterocycles. The molecular formula is C19H20N2O2S2. The molecule has 0 amide bonds. The number of esters is 1. The van der Waals surface area contributed by atoms with E-state index in [1.54, 1.807) is 17.5 Å². The maximum atomic E-state index is 12.3. The number of ether oxygens (including phenoxy) is 1. The number of aromatic nitrogens is 2. The molecule has 0 unspecified atom stereocenters. The summed E-state index contributed by atoms with van der Waals surface area (Å²) >= 11 is 3.06. The van der Waals surface area contributed by atoms with Gasteiger partial charge in [-0.3, -0.25) is 4.98 Å². The van der Waals surface area contributed by atoms with Crippen LogP contribution in [0.1, 0.15) is 43.1 Å². The largest absolute Gasteiger partial charge is 0.462 e. The van der Waals surface area contributed by atoms with Crippen LogP contribution in [0, 0.1) is 0 Å². The van der Waals surface area contributed by atoms with E-state index in [4.69, 9.17) is 9.72 Å². The van der Waals surface area contributed by atoms with Crippen molar-refractivity contribution in [3.63, 3.8) is 0 Å². The van der Waals surface area contributed by atoms with Crippen molar-refractivity contribution in [3.05, 3.63) is 47.2 Å². The van der Waals surface area contributed by atoms with Crippen molar-refractivity contribution < 1.29 is 9.53 Å². The molecule has 0 saturated carbocycles. The van der Waals surface area contributed by atoms with Gasteiger partial charge in [0.1, 0.15) is 9.88 Å². The molecule has 25 heavy (non-hydrogen) atoms. The topological polar surface area (TPSA) is 52.1 Å². The molecule has 6 heteroatoms. The van der Waals surface area contributed by atoms with E-state index in [0.29, 0.717) is 11.5 Å². The molecule has 3 rings (SSSR count). The van der Waals surface area contributed by atoms with Gasteiger partial charge in [0.05, 0.1) is 17.2 Å². The number of carbonyl (C=O) groups excluding carboxylic acids is 1. The molecule has 0 aliphatic carbocycles. The molecule has 3 aromatic heterocycles. The number of thiophene rings is 1. The third kappa shape index (κ3) is 3.80. The highest BCUT2D eigenvalue weighted by molar-refractivity contribution is 7.24. The SMILES string of the molecule is CCOC(=O)c1sc(-c2ccc(-c3cccnc3)s2)nc1C(C)(C)C. The minimum Gasteiger partial charge on any atom is -0.462 e. The molecule has 3 heterocycles. The van der Waals surface area contributed by atoms with Crippen molar-refractivity contribution in [2.24, 2.45) is 0 Å². The van der Waals surface area contributed by atoms with Crippen molar-refractivity contribution in [1.82, 2.24) is 9.97 Å². The molecule has 0 atom stereocenters. The van der Waals surface area contributed by atoms with E-state index in [1.807, 2.05) is 31.3 Å². The first kappa shape index (κ1) is 17.8. The van der Waals surface area contributed by atoms with E-state index >= 15 is 0 Å². The molecular weight excluding hydrogens is 352 g/mol. The van der Waals surface area contributed by atoms with Gasteiger partial charge in [0.25, 0.3) is 0 Å². The first-order valence-corrected chi connectivity index (χ1v) is 9.72. The minimum atomic E-state index is -0.291. The summed E-state index contributed by atoms with van der Waals surface area (Å²) in [4.78, 5) is 24.0. The van der Waals surface area contributed by atoms with Crippen molar-refractivity contribution >= 4 is 28.6 Å². The number of thiazole rings is 1. The quantitative estimate of drug-likeness (QED) is 0.575. The lowest BCUT2D eigenvalue weighted by atomic mass is 9.91. The second-order valence-electron chi connectivity index (χ2n) is 6.57. The van der Waals surface area contributed by atoms with Crippen LogP contribution in [0.4, 0.5) is 0 Å². The van der Waals surface area contributed by atoms with E-state index in [9.17, 15) is 4.79 Å². The van der Waals surface area contributed by atoms with Crippen LogP contribution in [0.15, 0.2) is 36.7 Å². The van der Waals surface area contributed by atoms with Crippen LogP contribution in [-0.2, 0) is 10.2 Å². The van der Waals surface area contributed by atoms with Gasteiger partial charge in [-0.15, -0.1) is 22.7 Å². The smallest absolute Gasteiger partial charge is 0.350 e. The summed E-state index contributed by atoms with van der Waals surface area (Å²) in [5.74, 6) is -0.291. The van der Waals surface area contributed by atoms with E-state index in [0.717, 1.165) is 26.0 Å². The highest BCUT2D eigenvalue weighted by Gasteiger charge is 2.28. The molecule has 0 bridgehead atoms. The maximum Gasteiger partial charge on any atom is 0.350 e. The Morgan fingerprint density at radius 1 is 1.16 bits per heavy atom. The van der Waals surface area contributed by atoms with Gasteiger partial charge >= 0.3 is 5.97 Å². The highest BCUT2D eigenvalue weighted by atomic mass is 32.1. The highest BCUT2D eigenvalue weighted by Crippen LogP contribution is 2.39. The lowest BCUT2D eigenvalue weighted by Crippen LogP contribution is -2.17. The van der Waals surface area contributed by atoms with E-state index in [-0.39, 0.29) is 11.4 Å². The maximum absolute atomic E-state index is 12.3. The average molecular weight is 373 g/mol. The molecule has 0 aromatic carbocycles. The predicted octanol–water partition coefficient (Wildman–Crippen LogP) is 5.41. The van der Waals surface area contributed by atoms with Gasteiger partial charge in [-0.2, -0.15) is 0 Å². The first-order chi connectivity index (χ1) is 11.9. The average Bonchev–Trinajstić information content (AvgIpc) is 3.22. The monoisotopic (exact) mass is 372 g/mol. The van der Waals surface area contributed by atoms with E-state index in [2.05, 4.69) is 31.8 Å². The number of hydrogen-bond donors (Lipinski definition) is 0. The molecule has 0 fully saturated rings. The van der Waals surface area contributed by atoms with Crippen LogP contribution >= 0.6 is 22.7 Å². The number of hydrogen-bond acceptors (Lipinski definition) is 6. The normalized spacial score (nSPS) is 11.5. The van der Waals surface area contributed by atoms with E-state index < -0.39 is 0 Å². The summed E-state index contributed by atoms with van der Waals surface area (Å²) in [5.41, 5.74) is 1.65. The molecule has 0 aliphatic heterocycles. The van der Waals surface area contributed by atoms with Crippen LogP contribution in [0.5, 0.6) is 0 Å². The number of nitrogens with zero attached hydrogens (tertiary/aromatic N) is 2. The Balaban J connectivity index is 2.01. The molecule has 0 N–H and O–H groups in total. The van der Waals surface area contributed by atoms with Gasteiger partial charge in [-0.25, -0.2) is 9.78 Å². The van der Waals surface area contributed by atoms with Crippen LogP contribution in [-0.4, -0.2) is 22.5 Å². The Bertz CT molecular complexity index is 876. The lowest BCUT2D eigenvalue weighted by molar-refractivity contribution is 0.0529. The zero-order valence-electron chi connectivity index (χ0n) is 14.7. The molecule has 0 aliphatic rings. The molecule has 0 spiro atoms. The van der Waals surface area contributed by atoms with E-state index in [1.165, 1.54) is 11.3 Å². The zero-order valence-corrected chi connectivity index (χ0v) is 16.3. The Morgan fingerprint density at radius 2 is 1.92 bits per heavy atom. The molecule has 0 radical (unpaired) electrons. The predicted molar refractivity (Wildman–Crippen MR) is 103 cm³/mol. The van der Waals surface area contributed by atoms with Crippen molar-refractivity contribution in [3.8, 4) is 20.3 Å². The second-order valence-corrected chi connectivity index (χ2v) is 8.66. The van der Waals surface area contributed by atoms with Gasteiger partial charge in [0, 0.05) is 28.2 Å². The Hall–Kier alpha value is -2.05. The van der Waals surface area contributed by atoms with Crippen molar-refractivity contribution in [1.29, 1.82) is 0 Å². The minimum absolute atomic E-state index is 0.222. The Morgan fingerprint density at radius 3 is 2.56 bits per heavy atom. The Kier molecular flexibility index (Phi) is 5.01. The fraction of sp³-hybridized carbons (Fsp3) is 0.316. The van der Waals surface area contributed by atoms with Crippen molar-refractivity contribution in [2.45, 2.75) is 33.1 Å². The molecule has 4 nitrogen and oxygen atoms in total. The lowest BCUT2D eigenvalue weighted by Gasteiger charge is -2.16. The molecule has 3 aromatic rings. The van der Waals surface area contributed by atoms with Gasteiger partial charge in [0.15, 0.2) is 0 Å². The van der Waals surface area contributed by atoms with Gasteiger partial charge in [0.2, 0.25) is 0 Å². The summed E-state index contributed by atoms with van der Waals surface area (Å²) in [6.45, 7) is 8.36. The fourth-order valence-corrected chi connectivity index (χ4v) is 4.61. The standard InChI is InChI=1S/C19H20N2O2S2/c1-5-23-18(22)15-16(19(2,3)4)21-17(25-15)14-9-8-13(24-14)12-7-6-10-20-11-12/h6-11H,5H2,1-4H3. The summed E-state index contributed by atoms with van der Waals surface area (Å²) < 4.78 is 5.21. The van der Waals surface area contributed by atoms with Gasteiger partial charge in [-0.05, 0) is 25.1 Å². The summed E-state index contributed by atoms with van der Waals surface area (Å²) in [5, 5.41) is 0.855. The number of pyridine rings is 1. The van der Waals surface area contributed by atoms with Crippen LogP contribution in [0.25, 0.3) is 20.3 Å².